The van der Waals surface area contributed by atoms with Crippen LogP contribution >= 0.6 is 15.9 Å². The van der Waals surface area contributed by atoms with E-state index in [0.29, 0.717) is 13.2 Å². The standard InChI is InChI=1S/C18H19BrN4O2/c1-2-25-18(24)11-20-14-5-3-4-12(6-14)9-21-16-7-13(19)8-17-15(16)10-22-23-17/h3-8,10,20-21H,2,9,11H2,1H3,(H,22,23). The molecule has 0 radical (unpaired) electrons. The Bertz CT molecular complexity index is 878. The maximum Gasteiger partial charge on any atom is 0.325 e. The van der Waals surface area contributed by atoms with Crippen LogP contribution < -0.4 is 10.6 Å². The second-order valence-electron chi connectivity index (χ2n) is 5.50. The molecule has 0 amide bonds. The highest BCUT2D eigenvalue weighted by Crippen LogP contribution is 2.27. The number of ether oxygens (including phenoxy) is 1. The molecule has 0 saturated heterocycles. The highest BCUT2D eigenvalue weighted by atomic mass is 79.9. The Morgan fingerprint density at radius 3 is 3.00 bits per heavy atom. The fourth-order valence-corrected chi connectivity index (χ4v) is 2.99. The molecule has 25 heavy (non-hydrogen) atoms. The van der Waals surface area contributed by atoms with Gasteiger partial charge in [-0.2, -0.15) is 5.10 Å². The first-order chi connectivity index (χ1) is 12.2. The number of carbonyl (C=O) groups excluding carboxylic acids is 1. The highest BCUT2D eigenvalue weighted by Gasteiger charge is 2.06. The van der Waals surface area contributed by atoms with Gasteiger partial charge < -0.3 is 15.4 Å². The molecular formula is C18H19BrN4O2. The van der Waals surface area contributed by atoms with Gasteiger partial charge in [-0.3, -0.25) is 9.89 Å². The smallest absolute Gasteiger partial charge is 0.325 e. The van der Waals surface area contributed by atoms with Crippen LogP contribution in [0.4, 0.5) is 11.4 Å². The van der Waals surface area contributed by atoms with Crippen LogP contribution in [0.5, 0.6) is 0 Å². The third-order valence-corrected chi connectivity index (χ3v) is 4.13. The lowest BCUT2D eigenvalue weighted by molar-refractivity contribution is -0.140. The number of fused-ring (bicyclic) bond motifs is 1. The molecule has 0 aliphatic heterocycles. The Balaban J connectivity index is 1.66. The van der Waals surface area contributed by atoms with E-state index in [2.05, 4.69) is 36.8 Å². The van der Waals surface area contributed by atoms with E-state index >= 15 is 0 Å². The second-order valence-corrected chi connectivity index (χ2v) is 6.41. The second kappa shape index (κ2) is 8.02. The van der Waals surface area contributed by atoms with Crippen molar-refractivity contribution in [3.8, 4) is 0 Å². The largest absolute Gasteiger partial charge is 0.465 e. The summed E-state index contributed by atoms with van der Waals surface area (Å²) in [6, 6.07) is 12.0. The van der Waals surface area contributed by atoms with Crippen molar-refractivity contribution in [2.45, 2.75) is 13.5 Å². The number of aromatic amines is 1. The minimum atomic E-state index is -0.262. The van der Waals surface area contributed by atoms with E-state index in [1.54, 1.807) is 13.1 Å². The number of aromatic nitrogens is 2. The first kappa shape index (κ1) is 17.3. The van der Waals surface area contributed by atoms with Crippen molar-refractivity contribution in [2.75, 3.05) is 23.8 Å². The molecule has 130 valence electrons. The van der Waals surface area contributed by atoms with Crippen LogP contribution in [-0.4, -0.2) is 29.3 Å². The van der Waals surface area contributed by atoms with Gasteiger partial charge in [-0.15, -0.1) is 0 Å². The third kappa shape index (κ3) is 4.51. The summed E-state index contributed by atoms with van der Waals surface area (Å²) in [6.07, 6.45) is 1.81. The van der Waals surface area contributed by atoms with E-state index in [1.807, 2.05) is 36.4 Å². The Kier molecular flexibility index (Phi) is 5.55. The molecule has 1 heterocycles. The summed E-state index contributed by atoms with van der Waals surface area (Å²) in [7, 11) is 0. The van der Waals surface area contributed by atoms with E-state index < -0.39 is 0 Å². The molecule has 2 aromatic carbocycles. The van der Waals surface area contributed by atoms with Crippen LogP contribution in [-0.2, 0) is 16.1 Å². The molecule has 3 rings (SSSR count). The summed E-state index contributed by atoms with van der Waals surface area (Å²) in [5, 5.41) is 14.6. The van der Waals surface area contributed by atoms with Crippen molar-refractivity contribution >= 4 is 44.2 Å². The van der Waals surface area contributed by atoms with Crippen molar-refractivity contribution < 1.29 is 9.53 Å². The quantitative estimate of drug-likeness (QED) is 0.522. The molecule has 0 saturated carbocycles. The fourth-order valence-electron chi connectivity index (χ4n) is 2.54. The van der Waals surface area contributed by atoms with Crippen molar-refractivity contribution in [1.82, 2.24) is 10.2 Å². The van der Waals surface area contributed by atoms with Crippen LogP contribution in [0.15, 0.2) is 47.1 Å². The van der Waals surface area contributed by atoms with Crippen LogP contribution in [0.2, 0.25) is 0 Å². The first-order valence-electron chi connectivity index (χ1n) is 8.00. The molecule has 0 aliphatic carbocycles. The number of carbonyl (C=O) groups is 1. The lowest BCUT2D eigenvalue weighted by Crippen LogP contribution is -2.16. The molecule has 7 heteroatoms. The summed E-state index contributed by atoms with van der Waals surface area (Å²) in [5.74, 6) is -0.262. The number of nitrogens with zero attached hydrogens (tertiary/aromatic N) is 1. The van der Waals surface area contributed by atoms with Gasteiger partial charge in [0.1, 0.15) is 6.54 Å². The number of benzene rings is 2. The third-order valence-electron chi connectivity index (χ3n) is 3.68. The van der Waals surface area contributed by atoms with Crippen molar-refractivity contribution in [3.63, 3.8) is 0 Å². The monoisotopic (exact) mass is 402 g/mol. The molecule has 6 nitrogen and oxygen atoms in total. The van der Waals surface area contributed by atoms with Gasteiger partial charge in [-0.1, -0.05) is 28.1 Å². The van der Waals surface area contributed by atoms with Gasteiger partial charge in [0, 0.05) is 27.8 Å². The molecule has 1 aromatic heterocycles. The number of rotatable bonds is 7. The molecule has 0 bridgehead atoms. The molecule has 0 unspecified atom stereocenters. The van der Waals surface area contributed by atoms with Gasteiger partial charge in [0.05, 0.1) is 18.3 Å². The summed E-state index contributed by atoms with van der Waals surface area (Å²) < 4.78 is 5.90. The lowest BCUT2D eigenvalue weighted by Gasteiger charge is -2.11. The van der Waals surface area contributed by atoms with Crippen LogP contribution in [0.1, 0.15) is 12.5 Å². The van der Waals surface area contributed by atoms with E-state index in [4.69, 9.17) is 4.74 Å². The molecule has 0 spiro atoms. The number of hydrogen-bond acceptors (Lipinski definition) is 5. The zero-order chi connectivity index (χ0) is 17.6. The zero-order valence-electron chi connectivity index (χ0n) is 13.8. The summed E-state index contributed by atoms with van der Waals surface area (Å²) >= 11 is 3.51. The molecule has 0 fully saturated rings. The van der Waals surface area contributed by atoms with Gasteiger partial charge in [0.15, 0.2) is 0 Å². The van der Waals surface area contributed by atoms with E-state index in [1.165, 1.54) is 0 Å². The topological polar surface area (TPSA) is 79.0 Å². The predicted molar refractivity (Wildman–Crippen MR) is 103 cm³/mol. The number of H-pyrrole nitrogens is 1. The molecule has 0 aliphatic rings. The van der Waals surface area contributed by atoms with Gasteiger partial charge in [0.25, 0.3) is 0 Å². The maximum atomic E-state index is 11.4. The van der Waals surface area contributed by atoms with E-state index in [-0.39, 0.29) is 12.5 Å². The number of esters is 1. The minimum Gasteiger partial charge on any atom is -0.465 e. The fraction of sp³-hybridized carbons (Fsp3) is 0.222. The number of hydrogen-bond donors (Lipinski definition) is 3. The number of halogens is 1. The normalized spacial score (nSPS) is 10.6. The van der Waals surface area contributed by atoms with Gasteiger partial charge in [-0.25, -0.2) is 0 Å². The van der Waals surface area contributed by atoms with Crippen molar-refractivity contribution in [3.05, 3.63) is 52.6 Å². The average Bonchev–Trinajstić information content (AvgIpc) is 3.07. The summed E-state index contributed by atoms with van der Waals surface area (Å²) in [5.41, 5.74) is 3.96. The van der Waals surface area contributed by atoms with Crippen LogP contribution in [0.3, 0.4) is 0 Å². The molecule has 3 aromatic rings. The number of nitrogens with one attached hydrogen (secondary N) is 3. The number of anilines is 2. The Morgan fingerprint density at radius 1 is 1.28 bits per heavy atom. The van der Waals surface area contributed by atoms with Crippen LogP contribution in [0, 0.1) is 0 Å². The Hall–Kier alpha value is -2.54. The van der Waals surface area contributed by atoms with E-state index in [0.717, 1.165) is 32.3 Å². The van der Waals surface area contributed by atoms with Gasteiger partial charge in [-0.05, 0) is 36.8 Å². The SMILES string of the molecule is CCOC(=O)CNc1cccc(CNc2cc(Br)cc3[nH]ncc23)c1. The first-order valence-corrected chi connectivity index (χ1v) is 8.80. The highest BCUT2D eigenvalue weighted by molar-refractivity contribution is 9.10. The van der Waals surface area contributed by atoms with Crippen molar-refractivity contribution in [2.24, 2.45) is 0 Å². The molecule has 3 N–H and O–H groups in total. The predicted octanol–water partition coefficient (Wildman–Crippen LogP) is 3.91. The Labute approximate surface area is 154 Å². The molecule has 0 atom stereocenters. The summed E-state index contributed by atoms with van der Waals surface area (Å²) in [4.78, 5) is 11.4. The maximum absolute atomic E-state index is 11.4. The van der Waals surface area contributed by atoms with Gasteiger partial charge >= 0.3 is 5.97 Å². The minimum absolute atomic E-state index is 0.159. The molecular weight excluding hydrogens is 384 g/mol. The van der Waals surface area contributed by atoms with Crippen molar-refractivity contribution in [1.29, 1.82) is 0 Å². The van der Waals surface area contributed by atoms with E-state index in [9.17, 15) is 4.79 Å². The Morgan fingerprint density at radius 2 is 2.16 bits per heavy atom. The zero-order valence-corrected chi connectivity index (χ0v) is 15.4. The van der Waals surface area contributed by atoms with Crippen LogP contribution in [0.25, 0.3) is 10.9 Å². The summed E-state index contributed by atoms with van der Waals surface area (Å²) in [6.45, 7) is 3.00. The van der Waals surface area contributed by atoms with Gasteiger partial charge in [0.2, 0.25) is 0 Å². The lowest BCUT2D eigenvalue weighted by atomic mass is 10.1. The average molecular weight is 403 g/mol.